The summed E-state index contributed by atoms with van der Waals surface area (Å²) in [6.45, 7) is 1.56. The summed E-state index contributed by atoms with van der Waals surface area (Å²) in [7, 11) is -2.96. The molecular formula is C19H15F6N3OS2. The molecule has 31 heavy (non-hydrogen) atoms. The SMILES string of the molecule is CC(c1ccc(C(F)(F)F)nc1)S(C)(=O)=Nc1nc(-c2ccc(C(F)(F)F)cc2)cs1. The summed E-state index contributed by atoms with van der Waals surface area (Å²) in [6, 6.07) is 6.45. The van der Waals surface area contributed by atoms with Crippen molar-refractivity contribution in [1.82, 2.24) is 9.97 Å². The monoisotopic (exact) mass is 479 g/mol. The molecule has 0 amide bonds. The Morgan fingerprint density at radius 3 is 2.16 bits per heavy atom. The van der Waals surface area contributed by atoms with E-state index in [0.717, 1.165) is 35.7 Å². The molecule has 2 aromatic heterocycles. The van der Waals surface area contributed by atoms with Crippen LogP contribution in [0.1, 0.15) is 29.0 Å². The van der Waals surface area contributed by atoms with E-state index in [0.29, 0.717) is 16.8 Å². The van der Waals surface area contributed by atoms with Gasteiger partial charge in [0.15, 0.2) is 0 Å². The number of nitrogens with zero attached hydrogens (tertiary/aromatic N) is 3. The van der Waals surface area contributed by atoms with E-state index in [1.165, 1.54) is 24.5 Å². The van der Waals surface area contributed by atoms with Gasteiger partial charge < -0.3 is 0 Å². The van der Waals surface area contributed by atoms with Gasteiger partial charge in [0.1, 0.15) is 5.69 Å². The molecule has 0 N–H and O–H groups in total. The Labute approximate surface area is 178 Å². The number of pyridine rings is 1. The average Bonchev–Trinajstić information content (AvgIpc) is 3.14. The summed E-state index contributed by atoms with van der Waals surface area (Å²) in [4.78, 5) is 7.58. The highest BCUT2D eigenvalue weighted by Crippen LogP contribution is 2.34. The van der Waals surface area contributed by atoms with Crippen LogP contribution >= 0.6 is 11.3 Å². The number of rotatable bonds is 4. The molecule has 3 aromatic rings. The smallest absolute Gasteiger partial charge is 0.251 e. The summed E-state index contributed by atoms with van der Waals surface area (Å²) in [5.74, 6) is 0. The molecule has 0 bridgehead atoms. The zero-order chi connectivity index (χ0) is 23.0. The van der Waals surface area contributed by atoms with Gasteiger partial charge >= 0.3 is 12.4 Å². The molecule has 2 atom stereocenters. The van der Waals surface area contributed by atoms with Crippen molar-refractivity contribution in [1.29, 1.82) is 0 Å². The summed E-state index contributed by atoms with van der Waals surface area (Å²) in [5.41, 5.74) is -0.704. The average molecular weight is 479 g/mol. The fourth-order valence-corrected chi connectivity index (χ4v) is 4.90. The second kappa shape index (κ2) is 8.23. The third-order valence-electron chi connectivity index (χ3n) is 4.46. The van der Waals surface area contributed by atoms with E-state index in [-0.39, 0.29) is 5.13 Å². The topological polar surface area (TPSA) is 55.2 Å². The summed E-state index contributed by atoms with van der Waals surface area (Å²) >= 11 is 1.06. The standard InChI is InChI=1S/C19H15F6N3OS2/c1-11(13-5-8-16(26-9-13)19(23,24)25)31(2,29)28-17-27-15(10-30-17)12-3-6-14(7-4-12)18(20,21)22/h3-11H,1-2H3. The second-order valence-corrected chi connectivity index (χ2v) is 10.1. The highest BCUT2D eigenvalue weighted by atomic mass is 32.2. The van der Waals surface area contributed by atoms with E-state index in [4.69, 9.17) is 0 Å². The van der Waals surface area contributed by atoms with Gasteiger partial charge in [-0.2, -0.15) is 30.7 Å². The highest BCUT2D eigenvalue weighted by Gasteiger charge is 2.32. The number of halogens is 6. The Bertz CT molecular complexity index is 1180. The van der Waals surface area contributed by atoms with Crippen LogP contribution < -0.4 is 0 Å². The number of aromatic nitrogens is 2. The Morgan fingerprint density at radius 1 is 1.00 bits per heavy atom. The van der Waals surface area contributed by atoms with Crippen LogP contribution in [0, 0.1) is 0 Å². The normalized spacial score (nSPS) is 15.4. The van der Waals surface area contributed by atoms with Gasteiger partial charge in [-0.25, -0.2) is 9.19 Å². The van der Waals surface area contributed by atoms with Crippen molar-refractivity contribution < 1.29 is 30.6 Å². The first-order valence-electron chi connectivity index (χ1n) is 8.64. The summed E-state index contributed by atoms with van der Waals surface area (Å²) in [5, 5.41) is 0.983. The number of thiazole rings is 1. The number of hydrogen-bond acceptors (Lipinski definition) is 5. The molecule has 4 nitrogen and oxygen atoms in total. The predicted octanol–water partition coefficient (Wildman–Crippen LogP) is 6.73. The molecule has 166 valence electrons. The van der Waals surface area contributed by atoms with Crippen molar-refractivity contribution in [3.63, 3.8) is 0 Å². The zero-order valence-corrected chi connectivity index (χ0v) is 17.7. The Kier molecular flexibility index (Phi) is 6.16. The van der Waals surface area contributed by atoms with E-state index < -0.39 is 38.6 Å². The molecule has 0 saturated carbocycles. The van der Waals surface area contributed by atoms with Gasteiger partial charge in [0.05, 0.1) is 26.2 Å². The van der Waals surface area contributed by atoms with Crippen molar-refractivity contribution in [3.05, 3.63) is 64.8 Å². The number of hydrogen-bond donors (Lipinski definition) is 0. The van der Waals surface area contributed by atoms with Crippen LogP contribution in [0.4, 0.5) is 31.5 Å². The van der Waals surface area contributed by atoms with Crippen LogP contribution in [0.2, 0.25) is 0 Å². The van der Waals surface area contributed by atoms with Crippen LogP contribution in [-0.4, -0.2) is 20.4 Å². The van der Waals surface area contributed by atoms with E-state index in [1.54, 1.807) is 12.3 Å². The molecule has 12 heteroatoms. The molecule has 0 saturated heterocycles. The first-order chi connectivity index (χ1) is 14.3. The van der Waals surface area contributed by atoms with E-state index in [9.17, 15) is 30.6 Å². The number of benzene rings is 1. The van der Waals surface area contributed by atoms with E-state index in [1.807, 2.05) is 0 Å². The first kappa shape index (κ1) is 23.2. The van der Waals surface area contributed by atoms with Crippen molar-refractivity contribution in [2.75, 3.05) is 6.26 Å². The van der Waals surface area contributed by atoms with E-state index in [2.05, 4.69) is 14.3 Å². The van der Waals surface area contributed by atoms with Crippen LogP contribution in [0.3, 0.4) is 0 Å². The maximum Gasteiger partial charge on any atom is 0.433 e. The number of alkyl halides is 6. The second-order valence-electron chi connectivity index (χ2n) is 6.66. The fraction of sp³-hybridized carbons (Fsp3) is 0.263. The van der Waals surface area contributed by atoms with E-state index >= 15 is 0 Å². The largest absolute Gasteiger partial charge is 0.433 e. The van der Waals surface area contributed by atoms with Crippen molar-refractivity contribution in [2.45, 2.75) is 24.5 Å². The molecular weight excluding hydrogens is 464 g/mol. The molecule has 0 aliphatic carbocycles. The van der Waals surface area contributed by atoms with Crippen molar-refractivity contribution in [3.8, 4) is 11.3 Å². The third kappa shape index (κ3) is 5.42. The quantitative estimate of drug-likeness (QED) is 0.390. The Hall–Kier alpha value is -2.47. The van der Waals surface area contributed by atoms with Gasteiger partial charge in [0, 0.05) is 23.4 Å². The van der Waals surface area contributed by atoms with Crippen molar-refractivity contribution >= 4 is 26.2 Å². The van der Waals surface area contributed by atoms with Gasteiger partial charge in [-0.3, -0.25) is 4.98 Å². The summed E-state index contributed by atoms with van der Waals surface area (Å²) < 4.78 is 93.3. The van der Waals surface area contributed by atoms with Crippen LogP contribution in [0.15, 0.2) is 52.3 Å². The van der Waals surface area contributed by atoms with Gasteiger partial charge in [-0.05, 0) is 30.7 Å². The predicted molar refractivity (Wildman–Crippen MR) is 106 cm³/mol. The third-order valence-corrected chi connectivity index (χ3v) is 7.43. The lowest BCUT2D eigenvalue weighted by Gasteiger charge is -2.14. The molecule has 0 fully saturated rings. The van der Waals surface area contributed by atoms with Gasteiger partial charge in [0.25, 0.3) is 0 Å². The maximum atomic E-state index is 13.1. The lowest BCUT2D eigenvalue weighted by molar-refractivity contribution is -0.141. The molecule has 0 aliphatic rings. The molecule has 0 radical (unpaired) electrons. The molecule has 1 aromatic carbocycles. The molecule has 2 heterocycles. The van der Waals surface area contributed by atoms with Gasteiger partial charge in [-0.1, -0.05) is 18.2 Å². The van der Waals surface area contributed by atoms with Crippen LogP contribution in [0.25, 0.3) is 11.3 Å². The minimum Gasteiger partial charge on any atom is -0.251 e. The fourth-order valence-electron chi connectivity index (χ4n) is 2.57. The van der Waals surface area contributed by atoms with Gasteiger partial charge in [0.2, 0.25) is 5.13 Å². The molecule has 2 unspecified atom stereocenters. The van der Waals surface area contributed by atoms with Crippen LogP contribution in [0.5, 0.6) is 0 Å². The lowest BCUT2D eigenvalue weighted by atomic mass is 10.1. The minimum atomic E-state index is -4.57. The Balaban J connectivity index is 1.84. The minimum absolute atomic E-state index is 0.147. The maximum absolute atomic E-state index is 13.1. The summed E-state index contributed by atoms with van der Waals surface area (Å²) in [6.07, 6.45) is -6.65. The molecule has 0 spiro atoms. The molecule has 3 rings (SSSR count). The van der Waals surface area contributed by atoms with Crippen LogP contribution in [-0.2, 0) is 22.1 Å². The zero-order valence-electron chi connectivity index (χ0n) is 16.0. The highest BCUT2D eigenvalue weighted by molar-refractivity contribution is 7.93. The Morgan fingerprint density at radius 2 is 1.65 bits per heavy atom. The molecule has 0 aliphatic heterocycles. The van der Waals surface area contributed by atoms with Gasteiger partial charge in [-0.15, -0.1) is 11.3 Å². The lowest BCUT2D eigenvalue weighted by Crippen LogP contribution is -2.11. The first-order valence-corrected chi connectivity index (χ1v) is 11.5. The van der Waals surface area contributed by atoms with Crippen molar-refractivity contribution in [2.24, 2.45) is 4.36 Å².